The van der Waals surface area contributed by atoms with Crippen molar-refractivity contribution in [3.63, 3.8) is 0 Å². The molecule has 0 heterocycles. The molecule has 0 radical (unpaired) electrons. The van der Waals surface area contributed by atoms with Crippen molar-refractivity contribution < 1.29 is 19.5 Å². The zero-order chi connectivity index (χ0) is 20.9. The highest BCUT2D eigenvalue weighted by atomic mass is 16.3. The predicted octanol–water partition coefficient (Wildman–Crippen LogP) is 3.77. The molecule has 2 bridgehead atoms. The number of ketones is 3. The monoisotopic (exact) mass is 396 g/mol. The van der Waals surface area contributed by atoms with Crippen LogP contribution in [0.15, 0.2) is 84.9 Å². The summed E-state index contributed by atoms with van der Waals surface area (Å²) in [7, 11) is 0. The van der Waals surface area contributed by atoms with E-state index in [-0.39, 0.29) is 30.0 Å². The number of benzene rings is 3. The summed E-state index contributed by atoms with van der Waals surface area (Å²) in [6, 6.07) is 24.6. The van der Waals surface area contributed by atoms with E-state index < -0.39 is 22.7 Å². The second-order valence-corrected chi connectivity index (χ2v) is 8.20. The fourth-order valence-electron chi connectivity index (χ4n) is 5.15. The first-order valence-electron chi connectivity index (χ1n) is 10.0. The minimum atomic E-state index is -2.01. The van der Waals surface area contributed by atoms with Gasteiger partial charge >= 0.3 is 0 Å². The SMILES string of the molecule is O=C(c1ccccc1)[C@@H]1C[C@@]2(Cc3ccccc3)C(=O)c3ccccc3[C@]1(O)C2=O. The average Bonchev–Trinajstić information content (AvgIpc) is 2.98. The van der Waals surface area contributed by atoms with Crippen molar-refractivity contribution in [3.8, 4) is 0 Å². The molecule has 4 nitrogen and oxygen atoms in total. The van der Waals surface area contributed by atoms with E-state index in [1.54, 1.807) is 54.6 Å². The Morgan fingerprint density at radius 1 is 0.867 bits per heavy atom. The number of hydrogen-bond donors (Lipinski definition) is 1. The van der Waals surface area contributed by atoms with Crippen LogP contribution in [0.5, 0.6) is 0 Å². The van der Waals surface area contributed by atoms with Gasteiger partial charge in [-0.2, -0.15) is 0 Å². The second-order valence-electron chi connectivity index (χ2n) is 8.20. The van der Waals surface area contributed by atoms with Crippen LogP contribution in [0.3, 0.4) is 0 Å². The maximum Gasteiger partial charge on any atom is 0.183 e. The lowest BCUT2D eigenvalue weighted by Crippen LogP contribution is -2.51. The summed E-state index contributed by atoms with van der Waals surface area (Å²) in [4.78, 5) is 40.8. The lowest BCUT2D eigenvalue weighted by atomic mass is 9.66. The standard InChI is InChI=1S/C26H20O4/c27-22(18-11-5-2-6-12-18)21-16-25(15-17-9-3-1-4-10-17)23(28)19-13-7-8-14-20(19)26(21,30)24(25)29/h1-14,21,30H,15-16H2/t21-,25-,26+/m0/s1. The number of Topliss-reactive ketones (excluding diaryl/α,β-unsaturated/α-hetero) is 3. The average molecular weight is 396 g/mol. The summed E-state index contributed by atoms with van der Waals surface area (Å²) in [5.41, 5.74) is -1.62. The van der Waals surface area contributed by atoms with Crippen LogP contribution in [0.1, 0.15) is 38.3 Å². The molecule has 1 fully saturated rings. The van der Waals surface area contributed by atoms with Gasteiger partial charge in [-0.05, 0) is 18.4 Å². The minimum absolute atomic E-state index is 0.00152. The van der Waals surface area contributed by atoms with Gasteiger partial charge in [0.25, 0.3) is 0 Å². The Hall–Kier alpha value is -3.37. The third-order valence-corrected chi connectivity index (χ3v) is 6.58. The Balaban J connectivity index is 1.70. The molecule has 3 aromatic carbocycles. The summed E-state index contributed by atoms with van der Waals surface area (Å²) in [6.45, 7) is 0. The summed E-state index contributed by atoms with van der Waals surface area (Å²) in [5, 5.41) is 11.8. The topological polar surface area (TPSA) is 71.4 Å². The van der Waals surface area contributed by atoms with Gasteiger partial charge in [0.15, 0.2) is 23.0 Å². The van der Waals surface area contributed by atoms with Crippen LogP contribution in [0.4, 0.5) is 0 Å². The third kappa shape index (κ3) is 2.40. The Bertz CT molecular complexity index is 1170. The van der Waals surface area contributed by atoms with Gasteiger partial charge in [0, 0.05) is 16.7 Å². The van der Waals surface area contributed by atoms with Crippen LogP contribution in [0.2, 0.25) is 0 Å². The van der Waals surface area contributed by atoms with E-state index in [1.165, 1.54) is 0 Å². The van der Waals surface area contributed by atoms with Crippen molar-refractivity contribution in [2.45, 2.75) is 18.4 Å². The van der Waals surface area contributed by atoms with E-state index in [0.29, 0.717) is 11.1 Å². The number of fused-ring (bicyclic) bond motifs is 4. The first kappa shape index (κ1) is 18.6. The van der Waals surface area contributed by atoms with E-state index in [4.69, 9.17) is 0 Å². The molecule has 0 saturated heterocycles. The molecule has 30 heavy (non-hydrogen) atoms. The zero-order valence-electron chi connectivity index (χ0n) is 16.2. The van der Waals surface area contributed by atoms with Crippen LogP contribution in [0, 0.1) is 11.3 Å². The van der Waals surface area contributed by atoms with Crippen LogP contribution in [-0.2, 0) is 16.8 Å². The Morgan fingerprint density at radius 3 is 2.17 bits per heavy atom. The van der Waals surface area contributed by atoms with Gasteiger partial charge in [-0.1, -0.05) is 84.9 Å². The number of rotatable bonds is 4. The van der Waals surface area contributed by atoms with Crippen molar-refractivity contribution in [1.82, 2.24) is 0 Å². The van der Waals surface area contributed by atoms with Crippen molar-refractivity contribution >= 4 is 17.3 Å². The maximum atomic E-state index is 13.7. The van der Waals surface area contributed by atoms with E-state index in [0.717, 1.165) is 5.56 Å². The van der Waals surface area contributed by atoms with E-state index in [2.05, 4.69) is 0 Å². The van der Waals surface area contributed by atoms with E-state index >= 15 is 0 Å². The molecule has 0 spiro atoms. The normalized spacial score (nSPS) is 27.0. The van der Waals surface area contributed by atoms with Crippen molar-refractivity contribution in [1.29, 1.82) is 0 Å². The quantitative estimate of drug-likeness (QED) is 0.538. The van der Waals surface area contributed by atoms with E-state index in [9.17, 15) is 19.5 Å². The summed E-state index contributed by atoms with van der Waals surface area (Å²) in [5.74, 6) is -2.19. The van der Waals surface area contributed by atoms with Crippen molar-refractivity contribution in [3.05, 3.63) is 107 Å². The Kier molecular flexibility index (Phi) is 4.09. The Morgan fingerprint density at radius 2 is 1.47 bits per heavy atom. The lowest BCUT2D eigenvalue weighted by Gasteiger charge is -2.36. The molecule has 5 rings (SSSR count). The number of hydrogen-bond acceptors (Lipinski definition) is 4. The zero-order valence-corrected chi connectivity index (χ0v) is 16.2. The lowest BCUT2D eigenvalue weighted by molar-refractivity contribution is -0.142. The maximum absolute atomic E-state index is 13.7. The van der Waals surface area contributed by atoms with Crippen LogP contribution >= 0.6 is 0 Å². The molecular formula is C26H20O4. The van der Waals surface area contributed by atoms with Gasteiger partial charge in [0.1, 0.15) is 5.41 Å². The van der Waals surface area contributed by atoms with Gasteiger partial charge in [-0.3, -0.25) is 14.4 Å². The molecule has 2 aliphatic carbocycles. The van der Waals surface area contributed by atoms with Gasteiger partial charge < -0.3 is 5.11 Å². The minimum Gasteiger partial charge on any atom is -0.376 e. The molecule has 0 aliphatic heterocycles. The highest BCUT2D eigenvalue weighted by molar-refractivity contribution is 6.25. The molecule has 2 aliphatic rings. The highest BCUT2D eigenvalue weighted by Crippen LogP contribution is 2.58. The first-order valence-corrected chi connectivity index (χ1v) is 10.0. The van der Waals surface area contributed by atoms with Gasteiger partial charge in [0.2, 0.25) is 0 Å². The van der Waals surface area contributed by atoms with Crippen molar-refractivity contribution in [2.75, 3.05) is 0 Å². The van der Waals surface area contributed by atoms with E-state index in [1.807, 2.05) is 30.3 Å². The van der Waals surface area contributed by atoms with Crippen molar-refractivity contribution in [2.24, 2.45) is 11.3 Å². The van der Waals surface area contributed by atoms with Gasteiger partial charge in [0.05, 0.1) is 5.92 Å². The summed E-state index contributed by atoms with van der Waals surface area (Å²) >= 11 is 0. The highest BCUT2D eigenvalue weighted by Gasteiger charge is 2.70. The largest absolute Gasteiger partial charge is 0.376 e. The van der Waals surface area contributed by atoms with Crippen LogP contribution < -0.4 is 0 Å². The fourth-order valence-corrected chi connectivity index (χ4v) is 5.15. The number of carbonyl (C=O) groups is 3. The molecule has 148 valence electrons. The molecule has 0 aromatic heterocycles. The smallest absolute Gasteiger partial charge is 0.183 e. The molecule has 1 N–H and O–H groups in total. The predicted molar refractivity (Wildman–Crippen MR) is 111 cm³/mol. The molecule has 0 unspecified atom stereocenters. The number of carbonyl (C=O) groups excluding carboxylic acids is 3. The molecular weight excluding hydrogens is 376 g/mol. The molecule has 0 amide bonds. The molecule has 3 atom stereocenters. The van der Waals surface area contributed by atoms with Crippen LogP contribution in [-0.4, -0.2) is 22.5 Å². The number of aliphatic hydroxyl groups is 1. The second kappa shape index (κ2) is 6.57. The Labute approximate surface area is 174 Å². The molecule has 3 aromatic rings. The molecule has 1 saturated carbocycles. The summed E-state index contributed by atoms with van der Waals surface area (Å²) in [6.07, 6.45) is 0.166. The van der Waals surface area contributed by atoms with Gasteiger partial charge in [-0.25, -0.2) is 0 Å². The molecule has 4 heteroatoms. The van der Waals surface area contributed by atoms with Crippen LogP contribution in [0.25, 0.3) is 0 Å². The third-order valence-electron chi connectivity index (χ3n) is 6.58. The summed E-state index contributed by atoms with van der Waals surface area (Å²) < 4.78 is 0. The fraction of sp³-hybridized carbons (Fsp3) is 0.192. The van der Waals surface area contributed by atoms with Gasteiger partial charge in [-0.15, -0.1) is 0 Å². The first-order chi connectivity index (χ1) is 14.5.